The molecule has 2 aromatic heterocycles. The van der Waals surface area contributed by atoms with Crippen LogP contribution in [-0.2, 0) is 10.0 Å². The first kappa shape index (κ1) is 14.8. The smallest absolute Gasteiger partial charge is 0.267 e. The SMILES string of the molecule is Cc1ccc(S(=O)(=O)n2ccc(-c3ccc4[nH]ccc4c3)c2)cc1. The lowest BCUT2D eigenvalue weighted by Crippen LogP contribution is -2.10. The van der Waals surface area contributed by atoms with Crippen LogP contribution in [0.5, 0.6) is 0 Å². The molecule has 2 aromatic carbocycles. The third-order valence-corrected chi connectivity index (χ3v) is 5.80. The van der Waals surface area contributed by atoms with Gasteiger partial charge >= 0.3 is 0 Å². The predicted octanol–water partition coefficient (Wildman–Crippen LogP) is 4.18. The highest BCUT2D eigenvalue weighted by Crippen LogP contribution is 2.26. The fraction of sp³-hybridized carbons (Fsp3) is 0.0526. The predicted molar refractivity (Wildman–Crippen MR) is 95.5 cm³/mol. The Kier molecular flexibility index (Phi) is 3.32. The number of hydrogen-bond acceptors (Lipinski definition) is 2. The van der Waals surface area contributed by atoms with Gasteiger partial charge in [-0.25, -0.2) is 12.4 Å². The first-order chi connectivity index (χ1) is 11.5. The Balaban J connectivity index is 1.75. The van der Waals surface area contributed by atoms with Gasteiger partial charge in [0.15, 0.2) is 0 Å². The normalized spacial score (nSPS) is 11.9. The summed E-state index contributed by atoms with van der Waals surface area (Å²) in [6.45, 7) is 1.93. The van der Waals surface area contributed by atoms with Crippen LogP contribution in [0.4, 0.5) is 0 Å². The summed E-state index contributed by atoms with van der Waals surface area (Å²) in [7, 11) is -3.56. The van der Waals surface area contributed by atoms with Gasteiger partial charge in [-0.05, 0) is 54.3 Å². The van der Waals surface area contributed by atoms with Gasteiger partial charge in [0.2, 0.25) is 0 Å². The number of H-pyrrole nitrogens is 1. The van der Waals surface area contributed by atoms with Crippen molar-refractivity contribution in [2.24, 2.45) is 0 Å². The molecule has 4 aromatic rings. The summed E-state index contributed by atoms with van der Waals surface area (Å²) < 4.78 is 26.7. The minimum Gasteiger partial charge on any atom is -0.361 e. The lowest BCUT2D eigenvalue weighted by molar-refractivity contribution is 0.587. The van der Waals surface area contributed by atoms with Gasteiger partial charge in [-0.2, -0.15) is 0 Å². The van der Waals surface area contributed by atoms with Gasteiger partial charge in [0, 0.05) is 29.7 Å². The molecule has 0 fully saturated rings. The van der Waals surface area contributed by atoms with Crippen LogP contribution in [0.25, 0.3) is 22.0 Å². The average Bonchev–Trinajstić information content (AvgIpc) is 3.24. The zero-order chi connectivity index (χ0) is 16.7. The van der Waals surface area contributed by atoms with Crippen LogP contribution in [0.2, 0.25) is 0 Å². The summed E-state index contributed by atoms with van der Waals surface area (Å²) in [4.78, 5) is 3.44. The Morgan fingerprint density at radius 2 is 1.71 bits per heavy atom. The second-order valence-electron chi connectivity index (χ2n) is 5.83. The number of rotatable bonds is 3. The van der Waals surface area contributed by atoms with E-state index in [1.54, 1.807) is 36.7 Å². The Labute approximate surface area is 140 Å². The molecule has 1 N–H and O–H groups in total. The second kappa shape index (κ2) is 5.39. The maximum absolute atomic E-state index is 12.7. The molecule has 0 amide bonds. The van der Waals surface area contributed by atoms with Crippen molar-refractivity contribution in [2.45, 2.75) is 11.8 Å². The van der Waals surface area contributed by atoms with E-state index in [9.17, 15) is 8.42 Å². The molecular formula is C19H16N2O2S. The van der Waals surface area contributed by atoms with E-state index in [4.69, 9.17) is 0 Å². The van der Waals surface area contributed by atoms with Crippen molar-refractivity contribution in [1.82, 2.24) is 8.96 Å². The van der Waals surface area contributed by atoms with E-state index in [1.165, 1.54) is 3.97 Å². The number of nitrogens with zero attached hydrogens (tertiary/aromatic N) is 1. The number of hydrogen-bond donors (Lipinski definition) is 1. The summed E-state index contributed by atoms with van der Waals surface area (Å²) in [6, 6.07) is 16.7. The maximum Gasteiger partial charge on any atom is 0.267 e. The molecule has 24 heavy (non-hydrogen) atoms. The number of fused-ring (bicyclic) bond motifs is 1. The molecule has 0 saturated carbocycles. The Hall–Kier alpha value is -2.79. The van der Waals surface area contributed by atoms with Crippen molar-refractivity contribution >= 4 is 20.9 Å². The van der Waals surface area contributed by atoms with Crippen LogP contribution in [0.1, 0.15) is 5.56 Å². The minimum atomic E-state index is -3.56. The Bertz CT molecular complexity index is 1120. The quantitative estimate of drug-likeness (QED) is 0.610. The van der Waals surface area contributed by atoms with Crippen molar-refractivity contribution in [2.75, 3.05) is 0 Å². The highest BCUT2D eigenvalue weighted by atomic mass is 32.2. The fourth-order valence-corrected chi connectivity index (χ4v) is 3.96. The van der Waals surface area contributed by atoms with E-state index >= 15 is 0 Å². The molecule has 0 radical (unpaired) electrons. The number of nitrogens with one attached hydrogen (secondary N) is 1. The lowest BCUT2D eigenvalue weighted by Gasteiger charge is -2.06. The van der Waals surface area contributed by atoms with Gasteiger partial charge in [0.25, 0.3) is 10.0 Å². The van der Waals surface area contributed by atoms with Crippen LogP contribution in [0.15, 0.2) is 78.1 Å². The molecule has 0 spiro atoms. The zero-order valence-corrected chi connectivity index (χ0v) is 13.9. The molecule has 0 bridgehead atoms. The number of aromatic nitrogens is 2. The number of aromatic amines is 1. The number of aryl methyl sites for hydroxylation is 1. The van der Waals surface area contributed by atoms with Gasteiger partial charge in [-0.1, -0.05) is 23.8 Å². The van der Waals surface area contributed by atoms with Crippen LogP contribution in [-0.4, -0.2) is 17.4 Å². The van der Waals surface area contributed by atoms with Gasteiger partial charge in [0.05, 0.1) is 4.90 Å². The largest absolute Gasteiger partial charge is 0.361 e. The van der Waals surface area contributed by atoms with Crippen LogP contribution >= 0.6 is 0 Å². The van der Waals surface area contributed by atoms with Crippen molar-refractivity contribution in [3.63, 3.8) is 0 Å². The van der Waals surface area contributed by atoms with Crippen LogP contribution in [0.3, 0.4) is 0 Å². The standard InChI is InChI=1S/C19H16N2O2S/c1-14-2-5-18(6-3-14)24(22,23)21-11-9-17(13-21)15-4-7-19-16(12-15)8-10-20-19/h2-13,20H,1H3. The minimum absolute atomic E-state index is 0.288. The summed E-state index contributed by atoms with van der Waals surface area (Å²) in [5, 5.41) is 1.10. The first-order valence-corrected chi connectivity index (χ1v) is 9.06. The van der Waals surface area contributed by atoms with E-state index < -0.39 is 10.0 Å². The molecule has 4 nitrogen and oxygen atoms in total. The highest BCUT2D eigenvalue weighted by molar-refractivity contribution is 7.90. The molecule has 0 aliphatic rings. The fourth-order valence-electron chi connectivity index (χ4n) is 2.76. The van der Waals surface area contributed by atoms with E-state index in [2.05, 4.69) is 4.98 Å². The molecule has 2 heterocycles. The van der Waals surface area contributed by atoms with Crippen LogP contribution < -0.4 is 0 Å². The van der Waals surface area contributed by atoms with Crippen molar-refractivity contribution in [1.29, 1.82) is 0 Å². The van der Waals surface area contributed by atoms with Gasteiger partial charge in [0.1, 0.15) is 0 Å². The van der Waals surface area contributed by atoms with Crippen molar-refractivity contribution in [3.8, 4) is 11.1 Å². The van der Waals surface area contributed by atoms with E-state index in [0.717, 1.165) is 27.6 Å². The van der Waals surface area contributed by atoms with E-state index in [0.29, 0.717) is 0 Å². The average molecular weight is 336 g/mol. The van der Waals surface area contributed by atoms with Crippen LogP contribution in [0, 0.1) is 6.92 Å². The summed E-state index contributed by atoms with van der Waals surface area (Å²) in [6.07, 6.45) is 5.14. The monoisotopic (exact) mass is 336 g/mol. The zero-order valence-electron chi connectivity index (χ0n) is 13.1. The molecule has 0 saturated heterocycles. The van der Waals surface area contributed by atoms with Gasteiger partial charge in [-0.15, -0.1) is 0 Å². The van der Waals surface area contributed by atoms with E-state index in [1.807, 2.05) is 43.5 Å². The molecule has 0 atom stereocenters. The molecule has 0 aliphatic heterocycles. The van der Waals surface area contributed by atoms with E-state index in [-0.39, 0.29) is 4.90 Å². The Morgan fingerprint density at radius 3 is 2.50 bits per heavy atom. The second-order valence-corrected chi connectivity index (χ2v) is 7.67. The van der Waals surface area contributed by atoms with Crippen molar-refractivity contribution in [3.05, 3.63) is 78.8 Å². The van der Waals surface area contributed by atoms with Gasteiger partial charge < -0.3 is 4.98 Å². The molecular weight excluding hydrogens is 320 g/mol. The van der Waals surface area contributed by atoms with Gasteiger partial charge in [-0.3, -0.25) is 0 Å². The summed E-state index contributed by atoms with van der Waals surface area (Å²) >= 11 is 0. The number of benzene rings is 2. The molecule has 0 unspecified atom stereocenters. The highest BCUT2D eigenvalue weighted by Gasteiger charge is 2.16. The molecule has 120 valence electrons. The summed E-state index contributed by atoms with van der Waals surface area (Å²) in [5.41, 5.74) is 3.95. The maximum atomic E-state index is 12.7. The molecule has 4 rings (SSSR count). The first-order valence-electron chi connectivity index (χ1n) is 7.62. The molecule has 0 aliphatic carbocycles. The lowest BCUT2D eigenvalue weighted by atomic mass is 10.1. The Morgan fingerprint density at radius 1 is 0.917 bits per heavy atom. The topological polar surface area (TPSA) is 54.9 Å². The third kappa shape index (κ3) is 2.43. The third-order valence-electron chi connectivity index (χ3n) is 4.15. The molecule has 5 heteroatoms. The van der Waals surface area contributed by atoms with Crippen molar-refractivity contribution < 1.29 is 8.42 Å². The summed E-state index contributed by atoms with van der Waals surface area (Å²) in [5.74, 6) is 0.